The molecular weight excluding hydrogens is 272 g/mol. The molecule has 0 rings (SSSR count). The van der Waals surface area contributed by atoms with Crippen molar-refractivity contribution in [2.75, 3.05) is 0 Å². The summed E-state index contributed by atoms with van der Waals surface area (Å²) >= 11 is 0. The van der Waals surface area contributed by atoms with Crippen LogP contribution in [0.3, 0.4) is 0 Å². The quantitative estimate of drug-likeness (QED) is 0.200. The van der Waals surface area contributed by atoms with E-state index >= 15 is 0 Å². The zero-order valence-corrected chi connectivity index (χ0v) is 15.5. The molecule has 2 nitrogen and oxygen atoms in total. The van der Waals surface area contributed by atoms with Crippen LogP contribution in [0.1, 0.15) is 80.1 Å². The highest BCUT2D eigenvalue weighted by Crippen LogP contribution is 2.16. The van der Waals surface area contributed by atoms with Gasteiger partial charge in [-0.25, -0.2) is 4.79 Å². The molecule has 2 heteroatoms. The first-order valence-electron chi connectivity index (χ1n) is 8.86. The molecule has 0 aromatic heterocycles. The van der Waals surface area contributed by atoms with Gasteiger partial charge in [0.2, 0.25) is 0 Å². The summed E-state index contributed by atoms with van der Waals surface area (Å²) in [5.41, 5.74) is 0.954. The average Bonchev–Trinajstić information content (AvgIpc) is 2.36. The van der Waals surface area contributed by atoms with Gasteiger partial charge in [-0.1, -0.05) is 65.0 Å². The second-order valence-corrected chi connectivity index (χ2v) is 7.15. The molecule has 22 heavy (non-hydrogen) atoms. The number of ether oxygens (including phenoxy) is 1. The molecule has 1 unspecified atom stereocenters. The maximum Gasteiger partial charge on any atom is 0.331 e. The molecule has 0 aliphatic carbocycles. The second kappa shape index (κ2) is 12.5. The molecule has 0 N–H and O–H groups in total. The van der Waals surface area contributed by atoms with Gasteiger partial charge in [0.1, 0.15) is 0 Å². The lowest BCUT2D eigenvalue weighted by Crippen LogP contribution is -2.08. The topological polar surface area (TPSA) is 26.3 Å². The van der Waals surface area contributed by atoms with Crippen LogP contribution in [0.25, 0.3) is 0 Å². The van der Waals surface area contributed by atoms with Crippen molar-refractivity contribution in [1.82, 2.24) is 0 Å². The number of rotatable bonds is 11. The van der Waals surface area contributed by atoms with E-state index in [1.54, 1.807) is 6.08 Å². The van der Waals surface area contributed by atoms with Crippen molar-refractivity contribution < 1.29 is 9.53 Å². The van der Waals surface area contributed by atoms with Crippen molar-refractivity contribution >= 4 is 5.97 Å². The average molecular weight is 309 g/mol. The van der Waals surface area contributed by atoms with E-state index in [0.717, 1.165) is 17.9 Å². The van der Waals surface area contributed by atoms with Crippen molar-refractivity contribution in [1.29, 1.82) is 0 Å². The Morgan fingerprint density at radius 3 is 2.23 bits per heavy atom. The molecule has 1 atom stereocenters. The summed E-state index contributed by atoms with van der Waals surface area (Å²) in [7, 11) is 0. The normalized spacial score (nSPS) is 14.1. The number of allylic oxidation sites excluding steroid dienone is 3. The molecule has 0 radical (unpaired) electrons. The van der Waals surface area contributed by atoms with E-state index in [1.165, 1.54) is 32.1 Å². The third-order valence-corrected chi connectivity index (χ3v) is 3.59. The molecule has 0 bridgehead atoms. The highest BCUT2D eigenvalue weighted by atomic mass is 16.5. The molecule has 0 aromatic rings. The van der Waals surface area contributed by atoms with Crippen LogP contribution in [0.4, 0.5) is 0 Å². The Morgan fingerprint density at radius 1 is 1.00 bits per heavy atom. The zero-order valence-electron chi connectivity index (χ0n) is 15.5. The first kappa shape index (κ1) is 20.9. The summed E-state index contributed by atoms with van der Waals surface area (Å²) in [5.74, 6) is 1.29. The maximum absolute atomic E-state index is 11.5. The molecular formula is C20H36O2. The van der Waals surface area contributed by atoms with E-state index in [9.17, 15) is 4.79 Å². The van der Waals surface area contributed by atoms with Gasteiger partial charge < -0.3 is 4.74 Å². The van der Waals surface area contributed by atoms with Crippen LogP contribution in [0.5, 0.6) is 0 Å². The predicted octanol–water partition coefficient (Wildman–Crippen LogP) is 6.07. The van der Waals surface area contributed by atoms with E-state index in [-0.39, 0.29) is 12.1 Å². The summed E-state index contributed by atoms with van der Waals surface area (Å²) in [6.45, 7) is 12.5. The molecule has 0 aliphatic rings. The molecule has 0 spiro atoms. The summed E-state index contributed by atoms with van der Waals surface area (Å²) in [5, 5.41) is 0. The minimum absolute atomic E-state index is 0.0590. The summed E-state index contributed by atoms with van der Waals surface area (Å²) in [6.07, 6.45) is 13.5. The lowest BCUT2D eigenvalue weighted by molar-refractivity contribution is -0.141. The largest absolute Gasteiger partial charge is 0.460 e. The molecule has 0 aliphatic heterocycles. The van der Waals surface area contributed by atoms with Crippen molar-refractivity contribution in [3.63, 3.8) is 0 Å². The summed E-state index contributed by atoms with van der Waals surface area (Å²) < 4.78 is 5.09. The van der Waals surface area contributed by atoms with Gasteiger partial charge in [-0.3, -0.25) is 0 Å². The molecule has 0 saturated carbocycles. The number of hydrogen-bond donors (Lipinski definition) is 0. The van der Waals surface area contributed by atoms with Crippen LogP contribution in [-0.4, -0.2) is 12.1 Å². The van der Waals surface area contributed by atoms with E-state index < -0.39 is 0 Å². The lowest BCUT2D eigenvalue weighted by atomic mass is 9.97. The fraction of sp³-hybridized carbons (Fsp3) is 0.750. The third kappa shape index (κ3) is 13.9. The van der Waals surface area contributed by atoms with Gasteiger partial charge in [0.15, 0.2) is 0 Å². The Balaban J connectivity index is 3.86. The van der Waals surface area contributed by atoms with Gasteiger partial charge in [0.25, 0.3) is 0 Å². The van der Waals surface area contributed by atoms with Crippen molar-refractivity contribution in [2.45, 2.75) is 86.2 Å². The summed E-state index contributed by atoms with van der Waals surface area (Å²) in [6, 6.07) is 0. The number of carbonyl (C=O) groups is 1. The number of hydrogen-bond acceptors (Lipinski definition) is 2. The molecule has 0 fully saturated rings. The minimum atomic E-state index is -0.254. The molecule has 0 heterocycles. The van der Waals surface area contributed by atoms with Gasteiger partial charge in [-0.05, 0) is 44.6 Å². The number of unbranched alkanes of at least 4 members (excludes halogenated alkanes) is 2. The standard InChI is InChI=1S/C20H36O2/c1-16(2)11-8-7-9-12-18(5)13-10-14-19(6)15-20(21)22-17(3)4/h10,14-18H,7-9,11-13H2,1-6H3/b14-10+,19-15+. The first-order valence-corrected chi connectivity index (χ1v) is 8.86. The third-order valence-electron chi connectivity index (χ3n) is 3.59. The smallest absolute Gasteiger partial charge is 0.331 e. The number of carbonyl (C=O) groups excluding carboxylic acids is 1. The zero-order chi connectivity index (χ0) is 17.0. The Labute approximate surface area is 138 Å². The summed E-state index contributed by atoms with van der Waals surface area (Å²) in [4.78, 5) is 11.5. The van der Waals surface area contributed by atoms with Crippen LogP contribution in [0, 0.1) is 11.8 Å². The first-order chi connectivity index (χ1) is 10.3. The minimum Gasteiger partial charge on any atom is -0.460 e. The van der Waals surface area contributed by atoms with Crippen LogP contribution >= 0.6 is 0 Å². The van der Waals surface area contributed by atoms with Crippen LogP contribution in [0.15, 0.2) is 23.8 Å². The maximum atomic E-state index is 11.5. The Morgan fingerprint density at radius 2 is 1.64 bits per heavy atom. The van der Waals surface area contributed by atoms with Gasteiger partial charge >= 0.3 is 5.97 Å². The fourth-order valence-electron chi connectivity index (χ4n) is 2.33. The van der Waals surface area contributed by atoms with Crippen LogP contribution in [-0.2, 0) is 9.53 Å². The van der Waals surface area contributed by atoms with Crippen molar-refractivity contribution in [3.05, 3.63) is 23.8 Å². The van der Waals surface area contributed by atoms with Crippen molar-refractivity contribution in [2.24, 2.45) is 11.8 Å². The molecule has 128 valence electrons. The molecule has 0 aromatic carbocycles. The Kier molecular flexibility index (Phi) is 11.9. The molecule has 0 saturated heterocycles. The van der Waals surface area contributed by atoms with Gasteiger partial charge in [-0.15, -0.1) is 0 Å². The van der Waals surface area contributed by atoms with E-state index in [2.05, 4.69) is 26.8 Å². The SMILES string of the molecule is CC(/C=C/CC(C)CCCCCC(C)C)=C\C(=O)OC(C)C. The fourth-order valence-corrected chi connectivity index (χ4v) is 2.33. The van der Waals surface area contributed by atoms with E-state index in [4.69, 9.17) is 4.74 Å². The lowest BCUT2D eigenvalue weighted by Gasteiger charge is -2.09. The highest BCUT2D eigenvalue weighted by molar-refractivity contribution is 5.83. The van der Waals surface area contributed by atoms with Gasteiger partial charge in [-0.2, -0.15) is 0 Å². The van der Waals surface area contributed by atoms with Crippen LogP contribution < -0.4 is 0 Å². The van der Waals surface area contributed by atoms with E-state index in [0.29, 0.717) is 5.92 Å². The predicted molar refractivity (Wildman–Crippen MR) is 95.8 cm³/mol. The highest BCUT2D eigenvalue weighted by Gasteiger charge is 2.02. The molecule has 0 amide bonds. The van der Waals surface area contributed by atoms with Crippen LogP contribution in [0.2, 0.25) is 0 Å². The Bertz CT molecular complexity index is 351. The van der Waals surface area contributed by atoms with Crippen molar-refractivity contribution in [3.8, 4) is 0 Å². The monoisotopic (exact) mass is 308 g/mol. The van der Waals surface area contributed by atoms with Gasteiger partial charge in [0, 0.05) is 6.08 Å². The van der Waals surface area contributed by atoms with Gasteiger partial charge in [0.05, 0.1) is 6.10 Å². The van der Waals surface area contributed by atoms with E-state index in [1.807, 2.05) is 26.8 Å². The Hall–Kier alpha value is -1.05. The number of esters is 1. The second-order valence-electron chi connectivity index (χ2n) is 7.15.